The molecule has 8 heteroatoms. The van der Waals surface area contributed by atoms with Gasteiger partial charge in [0.1, 0.15) is 0 Å². The summed E-state index contributed by atoms with van der Waals surface area (Å²) < 4.78 is 53.5. The van der Waals surface area contributed by atoms with Crippen molar-refractivity contribution in [3.05, 3.63) is 84.9 Å². The molecule has 0 aliphatic heterocycles. The highest BCUT2D eigenvalue weighted by Gasteiger charge is 2.20. The Hall–Kier alpha value is -3.62. The Morgan fingerprint density at radius 3 is 1.21 bits per heavy atom. The van der Waals surface area contributed by atoms with E-state index < -0.39 is 19.7 Å². The van der Waals surface area contributed by atoms with Crippen LogP contribution < -0.4 is 0 Å². The fraction of sp³-hybridized carbons (Fsp3) is 0.0769. The molecular weight excluding hydrogens is 468 g/mol. The van der Waals surface area contributed by atoms with Gasteiger partial charge in [-0.15, -0.1) is 0 Å². The molecular formula is C26H20N2O4S2. The van der Waals surface area contributed by atoms with Crippen LogP contribution in [0.5, 0.6) is 0 Å². The lowest BCUT2D eigenvalue weighted by molar-refractivity contribution is 0.600. The lowest BCUT2D eigenvalue weighted by Gasteiger charge is -2.14. The zero-order chi connectivity index (χ0) is 23.8. The van der Waals surface area contributed by atoms with Crippen LogP contribution in [0.2, 0.25) is 0 Å². The lowest BCUT2D eigenvalue weighted by Crippen LogP contribution is -2.09. The summed E-state index contributed by atoms with van der Waals surface area (Å²) in [7, 11) is -6.86. The number of fused-ring (bicyclic) bond motifs is 6. The Bertz CT molecular complexity index is 1870. The average molecular weight is 489 g/mol. The van der Waals surface area contributed by atoms with E-state index in [4.69, 9.17) is 0 Å². The van der Waals surface area contributed by atoms with Crippen molar-refractivity contribution in [1.82, 2.24) is 9.35 Å². The summed E-state index contributed by atoms with van der Waals surface area (Å²) in [4.78, 5) is 0.447. The topological polar surface area (TPSA) is 78.1 Å². The van der Waals surface area contributed by atoms with Crippen molar-refractivity contribution in [1.29, 1.82) is 0 Å². The van der Waals surface area contributed by atoms with Gasteiger partial charge in [0, 0.05) is 34.1 Å². The van der Waals surface area contributed by atoms with E-state index in [-0.39, 0.29) is 9.79 Å². The van der Waals surface area contributed by atoms with Gasteiger partial charge in [-0.25, -0.2) is 26.2 Å². The highest BCUT2D eigenvalue weighted by Crippen LogP contribution is 2.36. The van der Waals surface area contributed by atoms with Gasteiger partial charge in [-0.05, 0) is 36.4 Å². The monoisotopic (exact) mass is 488 g/mol. The maximum absolute atomic E-state index is 12.4. The third-order valence-electron chi connectivity index (χ3n) is 6.30. The number of rotatable bonds is 3. The standard InChI is InChI=1S/C26H20N2O4S2/c1-33(29,30)17-11-13-21-19-7-3-5-9-23(19)27(25(21)15-17)28-24-10-6-4-8-20(24)22-14-12-18(16-26(22)28)34(2,31)32/h3-16H,1-2H3. The molecule has 0 saturated carbocycles. The summed E-state index contributed by atoms with van der Waals surface area (Å²) in [5.74, 6) is 0. The maximum Gasteiger partial charge on any atom is 0.175 e. The molecule has 34 heavy (non-hydrogen) atoms. The molecule has 0 unspecified atom stereocenters. The Morgan fingerprint density at radius 2 is 0.824 bits per heavy atom. The Kier molecular flexibility index (Phi) is 4.28. The van der Waals surface area contributed by atoms with Crippen molar-refractivity contribution in [3.8, 4) is 0 Å². The van der Waals surface area contributed by atoms with Crippen LogP contribution in [0.15, 0.2) is 94.7 Å². The van der Waals surface area contributed by atoms with Crippen LogP contribution in [0.4, 0.5) is 0 Å². The molecule has 0 saturated heterocycles. The van der Waals surface area contributed by atoms with Gasteiger partial charge < -0.3 is 0 Å². The first-order valence-electron chi connectivity index (χ1n) is 10.6. The second kappa shape index (κ2) is 6.94. The summed E-state index contributed by atoms with van der Waals surface area (Å²) in [5, 5.41) is 3.77. The summed E-state index contributed by atoms with van der Waals surface area (Å²) in [6.07, 6.45) is 2.39. The van der Waals surface area contributed by atoms with E-state index in [9.17, 15) is 16.8 Å². The summed E-state index contributed by atoms with van der Waals surface area (Å²) >= 11 is 0. The van der Waals surface area contributed by atoms with Gasteiger partial charge in [0.05, 0.1) is 31.9 Å². The first-order chi connectivity index (χ1) is 16.1. The number of aromatic nitrogens is 2. The van der Waals surface area contributed by atoms with Gasteiger partial charge in [0.15, 0.2) is 19.7 Å². The molecule has 6 nitrogen and oxygen atoms in total. The van der Waals surface area contributed by atoms with E-state index in [2.05, 4.69) is 0 Å². The zero-order valence-electron chi connectivity index (χ0n) is 18.4. The van der Waals surface area contributed by atoms with Crippen molar-refractivity contribution in [2.24, 2.45) is 0 Å². The molecule has 170 valence electrons. The Balaban J connectivity index is 1.88. The van der Waals surface area contributed by atoms with Gasteiger partial charge in [-0.3, -0.25) is 0 Å². The number of hydrogen-bond acceptors (Lipinski definition) is 4. The van der Waals surface area contributed by atoms with Crippen LogP contribution in [-0.4, -0.2) is 38.7 Å². The molecule has 4 aromatic carbocycles. The van der Waals surface area contributed by atoms with E-state index in [1.165, 1.54) is 12.5 Å². The Labute approximate surface area is 196 Å². The number of para-hydroxylation sites is 2. The normalized spacial score (nSPS) is 12.9. The molecule has 6 rings (SSSR count). The molecule has 2 heterocycles. The second-order valence-electron chi connectivity index (χ2n) is 8.56. The van der Waals surface area contributed by atoms with E-state index in [1.54, 1.807) is 24.3 Å². The maximum atomic E-state index is 12.4. The van der Waals surface area contributed by atoms with E-state index >= 15 is 0 Å². The first-order valence-corrected chi connectivity index (χ1v) is 14.4. The van der Waals surface area contributed by atoms with Crippen LogP contribution in [0, 0.1) is 0 Å². The van der Waals surface area contributed by atoms with E-state index in [1.807, 2.05) is 70.0 Å². The third-order valence-corrected chi connectivity index (χ3v) is 8.52. The molecule has 0 atom stereocenters. The summed E-state index contributed by atoms with van der Waals surface area (Å²) in [6.45, 7) is 0. The highest BCUT2D eigenvalue weighted by atomic mass is 32.2. The van der Waals surface area contributed by atoms with Crippen molar-refractivity contribution in [2.75, 3.05) is 12.5 Å². The smallest absolute Gasteiger partial charge is 0.175 e. The molecule has 6 aromatic rings. The predicted octanol–water partition coefficient (Wildman–Crippen LogP) is 5.02. The minimum Gasteiger partial charge on any atom is -0.248 e. The number of nitrogens with zero attached hydrogens (tertiary/aromatic N) is 2. The molecule has 0 N–H and O–H groups in total. The minimum atomic E-state index is -3.43. The molecule has 0 aliphatic rings. The van der Waals surface area contributed by atoms with Gasteiger partial charge in [-0.2, -0.15) is 0 Å². The van der Waals surface area contributed by atoms with Gasteiger partial charge in [0.2, 0.25) is 0 Å². The van der Waals surface area contributed by atoms with Gasteiger partial charge >= 0.3 is 0 Å². The van der Waals surface area contributed by atoms with Crippen molar-refractivity contribution >= 4 is 63.3 Å². The van der Waals surface area contributed by atoms with Crippen molar-refractivity contribution in [3.63, 3.8) is 0 Å². The molecule has 0 fully saturated rings. The third kappa shape index (κ3) is 2.99. The average Bonchev–Trinajstić information content (AvgIpc) is 3.29. The van der Waals surface area contributed by atoms with Gasteiger partial charge in [-0.1, -0.05) is 48.5 Å². The van der Waals surface area contributed by atoms with Crippen molar-refractivity contribution in [2.45, 2.75) is 9.79 Å². The number of hydrogen-bond donors (Lipinski definition) is 0. The fourth-order valence-corrected chi connectivity index (χ4v) is 6.03. The first kappa shape index (κ1) is 20.9. The highest BCUT2D eigenvalue weighted by molar-refractivity contribution is 7.91. The molecule has 0 aliphatic carbocycles. The number of sulfone groups is 2. The largest absolute Gasteiger partial charge is 0.248 e. The SMILES string of the molecule is CS(=O)(=O)c1ccc2c3ccccc3n(-n3c4ccccc4c4ccc(S(C)(=O)=O)cc43)c2c1. The molecule has 0 radical (unpaired) electrons. The van der Waals surface area contributed by atoms with Crippen LogP contribution in [0.25, 0.3) is 43.6 Å². The van der Waals surface area contributed by atoms with Crippen LogP contribution in [0.1, 0.15) is 0 Å². The predicted molar refractivity (Wildman–Crippen MR) is 136 cm³/mol. The van der Waals surface area contributed by atoms with E-state index in [0.717, 1.165) is 43.6 Å². The molecule has 0 bridgehead atoms. The second-order valence-corrected chi connectivity index (χ2v) is 12.6. The van der Waals surface area contributed by atoms with Crippen LogP contribution in [-0.2, 0) is 19.7 Å². The van der Waals surface area contributed by atoms with Crippen LogP contribution in [0.3, 0.4) is 0 Å². The quantitative estimate of drug-likeness (QED) is 0.350. The van der Waals surface area contributed by atoms with Crippen molar-refractivity contribution < 1.29 is 16.8 Å². The lowest BCUT2D eigenvalue weighted by atomic mass is 10.2. The minimum absolute atomic E-state index is 0.224. The van der Waals surface area contributed by atoms with E-state index in [0.29, 0.717) is 0 Å². The fourth-order valence-electron chi connectivity index (χ4n) is 4.75. The zero-order valence-corrected chi connectivity index (χ0v) is 20.1. The summed E-state index contributed by atoms with van der Waals surface area (Å²) in [5.41, 5.74) is 3.21. The number of benzene rings is 4. The Morgan fingerprint density at radius 1 is 0.471 bits per heavy atom. The van der Waals surface area contributed by atoms with Gasteiger partial charge in [0.25, 0.3) is 0 Å². The molecule has 0 spiro atoms. The van der Waals surface area contributed by atoms with Crippen LogP contribution >= 0.6 is 0 Å². The molecule has 2 aromatic heterocycles. The molecule has 0 amide bonds. The summed E-state index contributed by atoms with van der Waals surface area (Å²) in [6, 6.07) is 26.0.